The van der Waals surface area contributed by atoms with Crippen LogP contribution in [0.3, 0.4) is 0 Å². The largest absolute Gasteiger partial charge is 0.476 e. The average Bonchev–Trinajstić information content (AvgIpc) is 2.73. The first kappa shape index (κ1) is 21.7. The number of thioether (sulfide) groups is 1. The topological polar surface area (TPSA) is 67.3 Å². The molecule has 2 aromatic carbocycles. The molecule has 0 fully saturated rings. The van der Waals surface area contributed by atoms with Gasteiger partial charge in [0.25, 0.3) is 0 Å². The molecule has 0 aliphatic carbocycles. The highest BCUT2D eigenvalue weighted by Gasteiger charge is 2.09. The molecule has 1 aromatic heterocycles. The first-order chi connectivity index (χ1) is 13.6. The van der Waals surface area contributed by atoms with Crippen LogP contribution in [0.4, 0.5) is 0 Å². The molecule has 1 N–H and O–H groups in total. The Morgan fingerprint density at radius 1 is 0.893 bits per heavy atom. The third kappa shape index (κ3) is 7.94. The molecule has 0 saturated heterocycles. The number of halogens is 1. The monoisotopic (exact) mass is 413 g/mol. The van der Waals surface area contributed by atoms with Gasteiger partial charge in [-0.1, -0.05) is 54.1 Å². The number of hydrogen-bond acceptors (Lipinski definition) is 4. The third-order valence-electron chi connectivity index (χ3n) is 3.66. The number of Topliss-reactive ketones (excluding diaryl/α,β-unsaturated/α-hetero) is 1. The van der Waals surface area contributed by atoms with E-state index in [1.165, 1.54) is 11.1 Å². The zero-order chi connectivity index (χ0) is 20.2. The lowest BCUT2D eigenvalue weighted by molar-refractivity contribution is -0.149. The second kappa shape index (κ2) is 12.0. The number of aromatic nitrogens is 1. The SMILES string of the molecule is Clc1ccc(-c2ccccc2)cc1.O=C(O)C(=O)CCCSc1ccncc1. The lowest BCUT2D eigenvalue weighted by atomic mass is 10.1. The number of aliphatic carboxylic acids is 1. The predicted molar refractivity (Wildman–Crippen MR) is 114 cm³/mol. The first-order valence-electron chi connectivity index (χ1n) is 8.66. The van der Waals surface area contributed by atoms with Crippen LogP contribution in [0.25, 0.3) is 11.1 Å². The summed E-state index contributed by atoms with van der Waals surface area (Å²) in [5.74, 6) is -1.32. The van der Waals surface area contributed by atoms with Gasteiger partial charge >= 0.3 is 5.97 Å². The van der Waals surface area contributed by atoms with Gasteiger partial charge in [0.05, 0.1) is 0 Å². The summed E-state index contributed by atoms with van der Waals surface area (Å²) in [5.41, 5.74) is 2.42. The second-order valence-corrected chi connectivity index (χ2v) is 7.34. The van der Waals surface area contributed by atoms with Crippen LogP contribution in [0.1, 0.15) is 12.8 Å². The number of ketones is 1. The molecule has 0 unspecified atom stereocenters. The highest BCUT2D eigenvalue weighted by Crippen LogP contribution is 2.20. The minimum absolute atomic E-state index is 0.105. The van der Waals surface area contributed by atoms with E-state index in [-0.39, 0.29) is 6.42 Å². The van der Waals surface area contributed by atoms with Gasteiger partial charge < -0.3 is 5.11 Å². The van der Waals surface area contributed by atoms with Gasteiger partial charge in [0.2, 0.25) is 5.78 Å². The summed E-state index contributed by atoms with van der Waals surface area (Å²) in [6.45, 7) is 0. The van der Waals surface area contributed by atoms with Crippen molar-refractivity contribution < 1.29 is 14.7 Å². The van der Waals surface area contributed by atoms with E-state index in [1.54, 1.807) is 24.2 Å². The number of benzene rings is 2. The van der Waals surface area contributed by atoms with Crippen molar-refractivity contribution in [1.29, 1.82) is 0 Å². The molecule has 144 valence electrons. The molecule has 3 aromatic rings. The number of carbonyl (C=O) groups is 2. The van der Waals surface area contributed by atoms with Crippen molar-refractivity contribution in [1.82, 2.24) is 4.98 Å². The lowest BCUT2D eigenvalue weighted by Gasteiger charge is -2.00. The van der Waals surface area contributed by atoms with Crippen molar-refractivity contribution in [3.05, 3.63) is 84.1 Å². The predicted octanol–water partition coefficient (Wildman–Crippen LogP) is 5.61. The summed E-state index contributed by atoms with van der Waals surface area (Å²) < 4.78 is 0. The zero-order valence-corrected chi connectivity index (χ0v) is 16.7. The Morgan fingerprint density at radius 3 is 2.11 bits per heavy atom. The number of hydrogen-bond donors (Lipinski definition) is 1. The van der Waals surface area contributed by atoms with E-state index in [9.17, 15) is 9.59 Å². The Hall–Kier alpha value is -2.63. The fraction of sp³-hybridized carbons (Fsp3) is 0.136. The molecule has 0 radical (unpaired) electrons. The lowest BCUT2D eigenvalue weighted by Crippen LogP contribution is -2.11. The number of nitrogens with zero attached hydrogens (tertiary/aromatic N) is 1. The standard InChI is InChI=1S/C12H9Cl.C10H11NO3S/c13-12-8-6-11(7-9-12)10-4-2-1-3-5-10;12-9(10(13)14)2-1-7-15-8-3-5-11-6-4-8/h1-9H;3-6H,1-2,7H2,(H,13,14). The van der Waals surface area contributed by atoms with E-state index < -0.39 is 11.8 Å². The molecular formula is C22H20ClNO3S. The fourth-order valence-corrected chi connectivity index (χ4v) is 3.20. The summed E-state index contributed by atoms with van der Waals surface area (Å²) in [6, 6.07) is 21.9. The molecule has 0 aliphatic rings. The van der Waals surface area contributed by atoms with Gasteiger partial charge in [-0.25, -0.2) is 4.79 Å². The summed E-state index contributed by atoms with van der Waals surface area (Å²) >= 11 is 7.39. The summed E-state index contributed by atoms with van der Waals surface area (Å²) in [5, 5.41) is 9.11. The van der Waals surface area contributed by atoms with Crippen molar-refractivity contribution in [2.75, 3.05) is 5.75 Å². The quantitative estimate of drug-likeness (QED) is 0.309. The number of carboxylic acids is 1. The van der Waals surface area contributed by atoms with Gasteiger partial charge in [0.15, 0.2) is 0 Å². The minimum atomic E-state index is -1.34. The molecule has 0 spiro atoms. The molecule has 28 heavy (non-hydrogen) atoms. The van der Waals surface area contributed by atoms with Crippen molar-refractivity contribution in [2.24, 2.45) is 0 Å². The van der Waals surface area contributed by atoms with E-state index in [1.807, 2.05) is 54.6 Å². The molecule has 1 heterocycles. The highest BCUT2D eigenvalue weighted by atomic mass is 35.5. The second-order valence-electron chi connectivity index (χ2n) is 5.74. The van der Waals surface area contributed by atoms with E-state index in [0.717, 1.165) is 15.7 Å². The fourth-order valence-electron chi connectivity index (χ4n) is 2.24. The van der Waals surface area contributed by atoms with Gasteiger partial charge in [-0.3, -0.25) is 9.78 Å². The van der Waals surface area contributed by atoms with Crippen molar-refractivity contribution in [3.8, 4) is 11.1 Å². The third-order valence-corrected chi connectivity index (χ3v) is 5.01. The van der Waals surface area contributed by atoms with Crippen molar-refractivity contribution >= 4 is 35.1 Å². The minimum Gasteiger partial charge on any atom is -0.476 e. The van der Waals surface area contributed by atoms with Crippen molar-refractivity contribution in [3.63, 3.8) is 0 Å². The van der Waals surface area contributed by atoms with Crippen LogP contribution >= 0.6 is 23.4 Å². The van der Waals surface area contributed by atoms with E-state index >= 15 is 0 Å². The Morgan fingerprint density at radius 2 is 1.50 bits per heavy atom. The normalized spacial score (nSPS) is 9.89. The maximum absolute atomic E-state index is 10.7. The summed E-state index contributed by atoms with van der Waals surface area (Å²) in [4.78, 5) is 25.9. The van der Waals surface area contributed by atoms with Crippen LogP contribution in [-0.2, 0) is 9.59 Å². The first-order valence-corrected chi connectivity index (χ1v) is 10.0. The highest BCUT2D eigenvalue weighted by molar-refractivity contribution is 7.99. The molecule has 3 rings (SSSR count). The molecule has 0 amide bonds. The van der Waals surface area contributed by atoms with Crippen LogP contribution in [0.2, 0.25) is 5.02 Å². The van der Waals surface area contributed by atoms with E-state index in [4.69, 9.17) is 16.7 Å². The van der Waals surface area contributed by atoms with Crippen LogP contribution < -0.4 is 0 Å². The average molecular weight is 414 g/mol. The Labute approximate surface area is 173 Å². The Kier molecular flexibility index (Phi) is 9.25. The summed E-state index contributed by atoms with van der Waals surface area (Å²) in [6.07, 6.45) is 4.08. The Bertz CT molecular complexity index is 871. The maximum Gasteiger partial charge on any atom is 0.372 e. The van der Waals surface area contributed by atoms with Gasteiger partial charge in [-0.05, 0) is 47.6 Å². The number of carboxylic acid groups (broad SMARTS) is 1. The summed E-state index contributed by atoms with van der Waals surface area (Å²) in [7, 11) is 0. The van der Waals surface area contributed by atoms with Crippen LogP contribution in [0.5, 0.6) is 0 Å². The van der Waals surface area contributed by atoms with Crippen LogP contribution in [-0.4, -0.2) is 27.6 Å². The van der Waals surface area contributed by atoms with E-state index in [0.29, 0.717) is 6.42 Å². The molecular weight excluding hydrogens is 394 g/mol. The Balaban J connectivity index is 0.000000202. The van der Waals surface area contributed by atoms with Gasteiger partial charge in [0.1, 0.15) is 0 Å². The zero-order valence-electron chi connectivity index (χ0n) is 15.1. The van der Waals surface area contributed by atoms with Crippen LogP contribution in [0, 0.1) is 0 Å². The van der Waals surface area contributed by atoms with Gasteiger partial charge in [0, 0.05) is 28.7 Å². The number of carbonyl (C=O) groups excluding carboxylic acids is 1. The van der Waals surface area contributed by atoms with Crippen molar-refractivity contribution in [2.45, 2.75) is 17.7 Å². The number of rotatable bonds is 7. The number of pyridine rings is 1. The molecule has 6 heteroatoms. The van der Waals surface area contributed by atoms with Crippen LogP contribution in [0.15, 0.2) is 84.0 Å². The maximum atomic E-state index is 10.7. The smallest absolute Gasteiger partial charge is 0.372 e. The molecule has 4 nitrogen and oxygen atoms in total. The molecule has 0 bridgehead atoms. The molecule has 0 aliphatic heterocycles. The van der Waals surface area contributed by atoms with Gasteiger partial charge in [-0.15, -0.1) is 11.8 Å². The molecule has 0 saturated carbocycles. The van der Waals surface area contributed by atoms with Gasteiger partial charge in [-0.2, -0.15) is 0 Å². The van der Waals surface area contributed by atoms with E-state index in [2.05, 4.69) is 17.1 Å². The molecule has 0 atom stereocenters.